The Labute approximate surface area is 225 Å². The smallest absolute Gasteiger partial charge is 0.127 e. The number of hydrogen-bond donors (Lipinski definition) is 0. The molecule has 0 bridgehead atoms. The molecule has 6 rings (SSSR count). The standard InChI is InChI=1S/C35H34O3/c1-2-9-27-20-31-32-22-30(37-24-26-12-7-4-8-13-26)18-19-34(32)38-35(33(31)21-27)28-14-16-29(17-15-28)36-23-25-10-5-3-6-11-25/h3-19,22,31,33,35H,2,20-21,23-24H2,1H3/b27-9-. The molecule has 38 heavy (non-hydrogen) atoms. The maximum atomic E-state index is 6.72. The van der Waals surface area contributed by atoms with Gasteiger partial charge in [0.05, 0.1) is 0 Å². The van der Waals surface area contributed by atoms with Crippen molar-refractivity contribution < 1.29 is 14.2 Å². The van der Waals surface area contributed by atoms with Gasteiger partial charge in [-0.1, -0.05) is 91.4 Å². The van der Waals surface area contributed by atoms with E-state index in [-0.39, 0.29) is 6.10 Å². The normalized spacial score (nSPS) is 20.9. The van der Waals surface area contributed by atoms with E-state index in [1.165, 1.54) is 22.3 Å². The zero-order valence-electron chi connectivity index (χ0n) is 21.9. The molecule has 3 atom stereocenters. The van der Waals surface area contributed by atoms with Gasteiger partial charge in [0.25, 0.3) is 0 Å². The van der Waals surface area contributed by atoms with Gasteiger partial charge in [0.15, 0.2) is 0 Å². The highest BCUT2D eigenvalue weighted by atomic mass is 16.5. The van der Waals surface area contributed by atoms with Crippen LogP contribution in [0.1, 0.15) is 60.5 Å². The van der Waals surface area contributed by atoms with Gasteiger partial charge in [-0.2, -0.15) is 0 Å². The Balaban J connectivity index is 1.22. The largest absolute Gasteiger partial charge is 0.489 e. The van der Waals surface area contributed by atoms with Crippen molar-refractivity contribution in [3.05, 3.63) is 137 Å². The van der Waals surface area contributed by atoms with Gasteiger partial charge in [-0.3, -0.25) is 0 Å². The van der Waals surface area contributed by atoms with E-state index in [4.69, 9.17) is 14.2 Å². The monoisotopic (exact) mass is 502 g/mol. The summed E-state index contributed by atoms with van der Waals surface area (Å²) in [6, 6.07) is 35.4. The van der Waals surface area contributed by atoms with Crippen molar-refractivity contribution in [3.63, 3.8) is 0 Å². The minimum Gasteiger partial charge on any atom is -0.489 e. The molecule has 0 radical (unpaired) electrons. The molecule has 1 aliphatic carbocycles. The highest BCUT2D eigenvalue weighted by Gasteiger charge is 2.43. The average molecular weight is 503 g/mol. The number of benzene rings is 4. The van der Waals surface area contributed by atoms with Crippen molar-refractivity contribution in [1.29, 1.82) is 0 Å². The summed E-state index contributed by atoms with van der Waals surface area (Å²) in [6.07, 6.45) is 5.66. The van der Waals surface area contributed by atoms with Gasteiger partial charge in [0.2, 0.25) is 0 Å². The summed E-state index contributed by atoms with van der Waals surface area (Å²) in [4.78, 5) is 0. The third kappa shape index (κ3) is 5.33. The van der Waals surface area contributed by atoms with Gasteiger partial charge in [-0.15, -0.1) is 0 Å². The first-order valence-corrected chi connectivity index (χ1v) is 13.7. The number of allylic oxidation sites excluding steroid dienone is 2. The fraction of sp³-hybridized carbons (Fsp3) is 0.257. The van der Waals surface area contributed by atoms with Crippen molar-refractivity contribution in [3.8, 4) is 17.2 Å². The lowest BCUT2D eigenvalue weighted by atomic mass is 9.80. The second-order valence-corrected chi connectivity index (χ2v) is 10.3. The molecule has 0 saturated heterocycles. The van der Waals surface area contributed by atoms with Crippen molar-refractivity contribution in [2.75, 3.05) is 0 Å². The summed E-state index contributed by atoms with van der Waals surface area (Å²) < 4.78 is 18.9. The van der Waals surface area contributed by atoms with Gasteiger partial charge >= 0.3 is 0 Å². The summed E-state index contributed by atoms with van der Waals surface area (Å²) in [5.74, 6) is 3.59. The Morgan fingerprint density at radius 1 is 0.737 bits per heavy atom. The fourth-order valence-electron chi connectivity index (χ4n) is 5.86. The first-order chi connectivity index (χ1) is 18.8. The molecule has 192 valence electrons. The first-order valence-electron chi connectivity index (χ1n) is 13.7. The van der Waals surface area contributed by atoms with E-state index in [9.17, 15) is 0 Å². The van der Waals surface area contributed by atoms with E-state index in [1.807, 2.05) is 42.5 Å². The van der Waals surface area contributed by atoms with Crippen molar-refractivity contribution in [2.24, 2.45) is 5.92 Å². The van der Waals surface area contributed by atoms with Crippen molar-refractivity contribution in [1.82, 2.24) is 0 Å². The Morgan fingerprint density at radius 3 is 2.03 bits per heavy atom. The third-order valence-electron chi connectivity index (χ3n) is 7.72. The van der Waals surface area contributed by atoms with E-state index >= 15 is 0 Å². The predicted molar refractivity (Wildman–Crippen MR) is 152 cm³/mol. The van der Waals surface area contributed by atoms with Crippen molar-refractivity contribution >= 4 is 0 Å². The number of ether oxygens (including phenoxy) is 3. The second kappa shape index (κ2) is 11.2. The van der Waals surface area contributed by atoms with Crippen LogP contribution >= 0.6 is 0 Å². The topological polar surface area (TPSA) is 27.7 Å². The molecule has 4 aromatic carbocycles. The Hall–Kier alpha value is -3.98. The quantitative estimate of drug-likeness (QED) is 0.225. The van der Waals surface area contributed by atoms with Crippen LogP contribution in [0.4, 0.5) is 0 Å². The zero-order valence-corrected chi connectivity index (χ0v) is 21.9. The molecule has 3 heteroatoms. The van der Waals surface area contributed by atoms with Crippen LogP contribution in [0.5, 0.6) is 17.2 Å². The molecule has 1 aliphatic heterocycles. The lowest BCUT2D eigenvalue weighted by molar-refractivity contribution is 0.104. The summed E-state index contributed by atoms with van der Waals surface area (Å²) in [6.45, 7) is 3.36. The van der Waals surface area contributed by atoms with Crippen LogP contribution in [0, 0.1) is 5.92 Å². The van der Waals surface area contributed by atoms with Gasteiger partial charge < -0.3 is 14.2 Å². The molecule has 0 aromatic heterocycles. The molecular weight excluding hydrogens is 468 g/mol. The van der Waals surface area contributed by atoms with Crippen LogP contribution in [0.3, 0.4) is 0 Å². The molecule has 1 fully saturated rings. The minimum atomic E-state index is 0.0227. The molecule has 0 spiro atoms. The highest BCUT2D eigenvalue weighted by Crippen LogP contribution is 2.56. The molecule has 4 aromatic rings. The summed E-state index contributed by atoms with van der Waals surface area (Å²) in [5.41, 5.74) is 6.37. The van der Waals surface area contributed by atoms with Crippen LogP contribution in [0.2, 0.25) is 0 Å². The zero-order chi connectivity index (χ0) is 25.7. The predicted octanol–water partition coefficient (Wildman–Crippen LogP) is 8.81. The lowest BCUT2D eigenvalue weighted by Gasteiger charge is -2.36. The molecule has 3 nitrogen and oxygen atoms in total. The van der Waals surface area contributed by atoms with Gasteiger partial charge in [-0.25, -0.2) is 0 Å². The third-order valence-corrected chi connectivity index (χ3v) is 7.72. The molecular formula is C35H34O3. The molecule has 1 heterocycles. The van der Waals surface area contributed by atoms with Crippen LogP contribution in [0.25, 0.3) is 0 Å². The lowest BCUT2D eigenvalue weighted by Crippen LogP contribution is -2.26. The van der Waals surface area contributed by atoms with Crippen LogP contribution < -0.4 is 14.2 Å². The van der Waals surface area contributed by atoms with Crippen LogP contribution in [-0.2, 0) is 13.2 Å². The van der Waals surface area contributed by atoms with E-state index in [0.717, 1.165) is 36.5 Å². The summed E-state index contributed by atoms with van der Waals surface area (Å²) >= 11 is 0. The molecule has 0 amide bonds. The molecule has 3 unspecified atom stereocenters. The number of rotatable bonds is 8. The van der Waals surface area contributed by atoms with Crippen molar-refractivity contribution in [2.45, 2.75) is 51.4 Å². The van der Waals surface area contributed by atoms with Gasteiger partial charge in [0, 0.05) is 11.5 Å². The van der Waals surface area contributed by atoms with E-state index in [2.05, 4.69) is 73.7 Å². The maximum absolute atomic E-state index is 6.72. The maximum Gasteiger partial charge on any atom is 0.127 e. The van der Waals surface area contributed by atoms with Crippen LogP contribution in [-0.4, -0.2) is 0 Å². The highest BCUT2D eigenvalue weighted by molar-refractivity contribution is 5.48. The molecule has 1 saturated carbocycles. The minimum absolute atomic E-state index is 0.0227. The Morgan fingerprint density at radius 2 is 1.37 bits per heavy atom. The van der Waals surface area contributed by atoms with Crippen LogP contribution in [0.15, 0.2) is 115 Å². The Bertz CT molecular complexity index is 1380. The number of hydrogen-bond acceptors (Lipinski definition) is 3. The van der Waals surface area contributed by atoms with Gasteiger partial charge in [-0.05, 0) is 72.2 Å². The van der Waals surface area contributed by atoms with E-state index in [1.54, 1.807) is 5.57 Å². The van der Waals surface area contributed by atoms with E-state index in [0.29, 0.717) is 25.0 Å². The molecule has 0 N–H and O–H groups in total. The second-order valence-electron chi connectivity index (χ2n) is 10.3. The first kappa shape index (κ1) is 24.4. The Kier molecular flexibility index (Phi) is 7.17. The van der Waals surface area contributed by atoms with E-state index < -0.39 is 0 Å². The molecule has 2 aliphatic rings. The summed E-state index contributed by atoms with van der Waals surface area (Å²) in [7, 11) is 0. The SMILES string of the molecule is CC/C=C1/CC2c3cc(OCc4ccccc4)ccc3OC(c3ccc(OCc4ccccc4)cc3)C2C1. The average Bonchev–Trinajstić information content (AvgIpc) is 3.40. The fourth-order valence-corrected chi connectivity index (χ4v) is 5.86. The summed E-state index contributed by atoms with van der Waals surface area (Å²) in [5, 5.41) is 0. The number of fused-ring (bicyclic) bond motifs is 3. The van der Waals surface area contributed by atoms with Gasteiger partial charge in [0.1, 0.15) is 36.6 Å².